The fourth-order valence-corrected chi connectivity index (χ4v) is 4.17. The lowest BCUT2D eigenvalue weighted by Crippen LogP contribution is -2.32. The normalized spacial score (nSPS) is 11.6. The minimum absolute atomic E-state index is 0.0472. The van der Waals surface area contributed by atoms with Crippen molar-refractivity contribution in [3.8, 4) is 23.1 Å². The Bertz CT molecular complexity index is 1450. The first kappa shape index (κ1) is 23.9. The molecule has 186 valence electrons. The second-order valence-electron chi connectivity index (χ2n) is 8.45. The van der Waals surface area contributed by atoms with E-state index in [-0.39, 0.29) is 18.4 Å². The maximum absolute atomic E-state index is 12.7. The molecule has 7 heteroatoms. The Labute approximate surface area is 215 Å². The number of hydrogen-bond acceptors (Lipinski definition) is 5. The van der Waals surface area contributed by atoms with Crippen molar-refractivity contribution in [1.29, 1.82) is 0 Å². The molecule has 0 aliphatic carbocycles. The third-order valence-electron chi connectivity index (χ3n) is 6.07. The minimum Gasteiger partial charge on any atom is -0.497 e. The first-order chi connectivity index (χ1) is 18.2. The third-order valence-corrected chi connectivity index (χ3v) is 6.07. The lowest BCUT2D eigenvalue weighted by molar-refractivity contribution is -0.123. The number of benzene rings is 3. The fraction of sp³-hybridized carbons (Fsp3) is 0.133. The molecular weight excluding hydrogens is 466 g/mol. The van der Waals surface area contributed by atoms with Crippen LogP contribution in [0.2, 0.25) is 0 Å². The molecule has 0 fully saturated rings. The number of H-pyrrole nitrogens is 1. The van der Waals surface area contributed by atoms with Crippen LogP contribution >= 0.6 is 0 Å². The maximum Gasteiger partial charge on any atom is 0.257 e. The molecule has 1 atom stereocenters. The number of rotatable bonds is 10. The SMILES string of the molecule is COc1ccc(C(CNC(=O)COc2ccc(Oc3ccccn3)cc2)c2c[nH]c3ccccc23)cc1. The van der Waals surface area contributed by atoms with Crippen LogP contribution in [0.15, 0.2) is 103 Å². The Kier molecular flexibility index (Phi) is 7.31. The predicted molar refractivity (Wildman–Crippen MR) is 142 cm³/mol. The summed E-state index contributed by atoms with van der Waals surface area (Å²) in [4.78, 5) is 20.2. The highest BCUT2D eigenvalue weighted by Crippen LogP contribution is 2.31. The summed E-state index contributed by atoms with van der Waals surface area (Å²) in [5, 5.41) is 4.16. The van der Waals surface area contributed by atoms with Crippen molar-refractivity contribution in [2.45, 2.75) is 5.92 Å². The lowest BCUT2D eigenvalue weighted by Gasteiger charge is -2.19. The number of para-hydroxylation sites is 1. The van der Waals surface area contributed by atoms with Gasteiger partial charge in [0.1, 0.15) is 17.2 Å². The molecule has 7 nitrogen and oxygen atoms in total. The van der Waals surface area contributed by atoms with Gasteiger partial charge in [0.25, 0.3) is 5.91 Å². The van der Waals surface area contributed by atoms with Crippen molar-refractivity contribution in [2.24, 2.45) is 0 Å². The Hall–Kier alpha value is -4.78. The lowest BCUT2D eigenvalue weighted by atomic mass is 9.91. The molecule has 0 saturated carbocycles. The topological polar surface area (TPSA) is 85.5 Å². The van der Waals surface area contributed by atoms with E-state index >= 15 is 0 Å². The highest BCUT2D eigenvalue weighted by Gasteiger charge is 2.19. The molecule has 0 bridgehead atoms. The zero-order valence-corrected chi connectivity index (χ0v) is 20.4. The largest absolute Gasteiger partial charge is 0.497 e. The van der Waals surface area contributed by atoms with E-state index in [1.54, 1.807) is 43.6 Å². The molecule has 37 heavy (non-hydrogen) atoms. The van der Waals surface area contributed by atoms with Crippen molar-refractivity contribution in [3.05, 3.63) is 115 Å². The van der Waals surface area contributed by atoms with Crippen LogP contribution in [0.25, 0.3) is 10.9 Å². The number of hydrogen-bond donors (Lipinski definition) is 2. The molecule has 0 spiro atoms. The monoisotopic (exact) mass is 493 g/mol. The molecule has 1 unspecified atom stereocenters. The Balaban J connectivity index is 1.22. The summed E-state index contributed by atoms with van der Waals surface area (Å²) < 4.78 is 16.7. The highest BCUT2D eigenvalue weighted by atomic mass is 16.5. The quantitative estimate of drug-likeness (QED) is 0.261. The van der Waals surface area contributed by atoms with Gasteiger partial charge < -0.3 is 24.5 Å². The number of carbonyl (C=O) groups is 1. The summed E-state index contributed by atoms with van der Waals surface area (Å²) in [6.45, 7) is 0.330. The van der Waals surface area contributed by atoms with Gasteiger partial charge in [-0.05, 0) is 59.7 Å². The van der Waals surface area contributed by atoms with Crippen molar-refractivity contribution in [1.82, 2.24) is 15.3 Å². The van der Waals surface area contributed by atoms with Crippen molar-refractivity contribution < 1.29 is 19.0 Å². The number of ether oxygens (including phenoxy) is 3. The number of aromatic amines is 1. The molecule has 5 aromatic rings. The van der Waals surface area contributed by atoms with Crippen LogP contribution in [-0.4, -0.2) is 36.1 Å². The molecule has 5 rings (SSSR count). The van der Waals surface area contributed by atoms with E-state index in [1.165, 1.54) is 0 Å². The van der Waals surface area contributed by atoms with E-state index in [2.05, 4.69) is 21.4 Å². The maximum atomic E-state index is 12.7. The first-order valence-electron chi connectivity index (χ1n) is 12.0. The average Bonchev–Trinajstić information content (AvgIpc) is 3.38. The smallest absolute Gasteiger partial charge is 0.257 e. The number of carbonyl (C=O) groups excluding carboxylic acids is 1. The third kappa shape index (κ3) is 5.90. The van der Waals surface area contributed by atoms with E-state index in [9.17, 15) is 4.79 Å². The molecule has 1 amide bonds. The molecule has 0 radical (unpaired) electrons. The van der Waals surface area contributed by atoms with Gasteiger partial charge in [0.2, 0.25) is 5.88 Å². The Morgan fingerprint density at radius 2 is 1.62 bits per heavy atom. The number of nitrogens with one attached hydrogen (secondary N) is 2. The number of fused-ring (bicyclic) bond motifs is 1. The van der Waals surface area contributed by atoms with Crippen LogP contribution in [-0.2, 0) is 4.79 Å². The number of nitrogens with zero attached hydrogens (tertiary/aromatic N) is 1. The predicted octanol–water partition coefficient (Wildman–Crippen LogP) is 5.69. The van der Waals surface area contributed by atoms with Crippen molar-refractivity contribution in [2.75, 3.05) is 20.3 Å². The summed E-state index contributed by atoms with van der Waals surface area (Å²) in [5.74, 6) is 2.26. The molecule has 2 N–H and O–H groups in total. The zero-order chi connectivity index (χ0) is 25.5. The molecule has 2 aromatic heterocycles. The van der Waals surface area contributed by atoms with Crippen LogP contribution < -0.4 is 19.5 Å². The average molecular weight is 494 g/mol. The van der Waals surface area contributed by atoms with E-state index in [0.29, 0.717) is 23.9 Å². The van der Waals surface area contributed by atoms with Gasteiger partial charge in [-0.3, -0.25) is 4.79 Å². The molecule has 0 aliphatic heterocycles. The molecule has 3 aromatic carbocycles. The number of amides is 1. The van der Waals surface area contributed by atoms with Crippen LogP contribution in [0, 0.1) is 0 Å². The van der Waals surface area contributed by atoms with Gasteiger partial charge in [0.05, 0.1) is 7.11 Å². The number of aromatic nitrogens is 2. The summed E-state index contributed by atoms with van der Waals surface area (Å²) >= 11 is 0. The van der Waals surface area contributed by atoms with Crippen LogP contribution in [0.5, 0.6) is 23.1 Å². The van der Waals surface area contributed by atoms with Crippen molar-refractivity contribution >= 4 is 16.8 Å². The first-order valence-corrected chi connectivity index (χ1v) is 12.0. The van der Waals surface area contributed by atoms with Gasteiger partial charge in [0, 0.05) is 41.8 Å². The number of pyridine rings is 1. The second-order valence-corrected chi connectivity index (χ2v) is 8.45. The molecule has 0 aliphatic rings. The van der Waals surface area contributed by atoms with Crippen LogP contribution in [0.3, 0.4) is 0 Å². The summed E-state index contributed by atoms with van der Waals surface area (Å²) in [5.41, 5.74) is 3.25. The molecule has 0 saturated heterocycles. The Morgan fingerprint density at radius 1 is 0.892 bits per heavy atom. The van der Waals surface area contributed by atoms with Gasteiger partial charge in [-0.1, -0.05) is 36.4 Å². The van der Waals surface area contributed by atoms with Gasteiger partial charge >= 0.3 is 0 Å². The van der Waals surface area contributed by atoms with Gasteiger partial charge in [-0.25, -0.2) is 4.98 Å². The fourth-order valence-electron chi connectivity index (χ4n) is 4.17. The summed E-state index contributed by atoms with van der Waals surface area (Å²) in [6, 6.07) is 28.6. The summed E-state index contributed by atoms with van der Waals surface area (Å²) in [7, 11) is 1.65. The zero-order valence-electron chi connectivity index (χ0n) is 20.4. The van der Waals surface area contributed by atoms with Gasteiger partial charge in [-0.2, -0.15) is 0 Å². The Morgan fingerprint density at radius 3 is 2.38 bits per heavy atom. The summed E-state index contributed by atoms with van der Waals surface area (Å²) in [6.07, 6.45) is 3.68. The van der Waals surface area contributed by atoms with E-state index in [4.69, 9.17) is 14.2 Å². The minimum atomic E-state index is -0.202. The van der Waals surface area contributed by atoms with Crippen molar-refractivity contribution in [3.63, 3.8) is 0 Å². The highest BCUT2D eigenvalue weighted by molar-refractivity contribution is 5.84. The van der Waals surface area contributed by atoms with Crippen LogP contribution in [0.4, 0.5) is 0 Å². The number of methoxy groups -OCH3 is 1. The van der Waals surface area contributed by atoms with E-state index < -0.39 is 0 Å². The van der Waals surface area contributed by atoms with Crippen LogP contribution in [0.1, 0.15) is 17.0 Å². The van der Waals surface area contributed by atoms with Gasteiger partial charge in [-0.15, -0.1) is 0 Å². The molecular formula is C30H27N3O4. The molecule has 2 heterocycles. The standard InChI is InChI=1S/C30H27N3O4/c1-35-22-11-9-21(10-12-22)26(27-19-32-28-7-3-2-6-25(27)28)18-33-29(34)20-36-23-13-15-24(16-14-23)37-30-8-4-5-17-31-30/h2-17,19,26,32H,18,20H2,1H3,(H,33,34). The second kappa shape index (κ2) is 11.3. The van der Waals surface area contributed by atoms with Gasteiger partial charge in [0.15, 0.2) is 6.61 Å². The van der Waals surface area contributed by atoms with E-state index in [0.717, 1.165) is 27.8 Å². The van der Waals surface area contributed by atoms with E-state index in [1.807, 2.05) is 60.8 Å².